The summed E-state index contributed by atoms with van der Waals surface area (Å²) in [6.45, 7) is 0.180. The number of fused-ring (bicyclic) bond motifs is 3. The maximum Gasteiger partial charge on any atom is 0.231 e. The second-order valence-electron chi connectivity index (χ2n) is 7.42. The highest BCUT2D eigenvalue weighted by atomic mass is 16.7. The van der Waals surface area contributed by atoms with E-state index in [4.69, 9.17) is 23.7 Å². The van der Waals surface area contributed by atoms with Gasteiger partial charge in [0.1, 0.15) is 5.56 Å². The van der Waals surface area contributed by atoms with Gasteiger partial charge >= 0.3 is 0 Å². The van der Waals surface area contributed by atoms with Crippen LogP contribution >= 0.6 is 0 Å². The van der Waals surface area contributed by atoms with E-state index in [9.17, 15) is 4.79 Å². The minimum atomic E-state index is 0.104. The zero-order valence-electron chi connectivity index (χ0n) is 17.6. The van der Waals surface area contributed by atoms with Gasteiger partial charge in [-0.05, 0) is 6.42 Å². The number of pyridine rings is 1. The standard InChI is InChI=1S/C23H22N2O6/c1-27-19-7-12(8-20(28-2)23(19)29-3)24-22-13-9-17-18(31-11-30-17)10-15(13)25-14-5-4-6-16(26)21(14)22/h7-10H,4-6,11H2,1-3H3,(H,24,25)/p+1. The molecule has 3 aromatic rings. The molecule has 0 radical (unpaired) electrons. The first-order valence-electron chi connectivity index (χ1n) is 10.0. The van der Waals surface area contributed by atoms with E-state index in [1.165, 1.54) is 0 Å². The average molecular weight is 423 g/mol. The number of aromatic amines is 1. The van der Waals surface area contributed by atoms with E-state index in [1.54, 1.807) is 21.3 Å². The van der Waals surface area contributed by atoms with Gasteiger partial charge in [0.2, 0.25) is 18.1 Å². The van der Waals surface area contributed by atoms with Crippen LogP contribution in [0, 0.1) is 0 Å². The summed E-state index contributed by atoms with van der Waals surface area (Å²) < 4.78 is 27.5. The molecule has 0 amide bonds. The van der Waals surface area contributed by atoms with Crippen molar-refractivity contribution in [2.45, 2.75) is 19.3 Å². The van der Waals surface area contributed by atoms with Gasteiger partial charge in [-0.2, -0.15) is 0 Å². The van der Waals surface area contributed by atoms with Gasteiger partial charge in [-0.3, -0.25) is 4.79 Å². The van der Waals surface area contributed by atoms with E-state index in [1.807, 2.05) is 24.3 Å². The Morgan fingerprint density at radius 3 is 2.32 bits per heavy atom. The molecule has 5 rings (SSSR count). The molecule has 31 heavy (non-hydrogen) atoms. The molecule has 1 aliphatic heterocycles. The number of Topliss-reactive ketones (excluding diaryl/α,β-unsaturated/α-hetero) is 1. The Hall–Kier alpha value is -3.68. The van der Waals surface area contributed by atoms with Crippen LogP contribution in [-0.4, -0.2) is 33.9 Å². The minimum absolute atomic E-state index is 0.104. The SMILES string of the molecule is COc1cc(Nc2c3c([nH+]c4cc5c(cc24)OCO5)CCCC3=O)cc(OC)c1OC. The van der Waals surface area contributed by atoms with Crippen LogP contribution in [0.1, 0.15) is 28.9 Å². The van der Waals surface area contributed by atoms with Crippen molar-refractivity contribution in [2.24, 2.45) is 0 Å². The fourth-order valence-corrected chi connectivity index (χ4v) is 4.24. The Bertz CT molecular complexity index is 1180. The lowest BCUT2D eigenvalue weighted by Gasteiger charge is -2.19. The molecule has 0 saturated heterocycles. The van der Waals surface area contributed by atoms with E-state index in [2.05, 4.69) is 10.3 Å². The van der Waals surface area contributed by atoms with E-state index in [0.29, 0.717) is 46.4 Å². The average Bonchev–Trinajstić information content (AvgIpc) is 3.24. The fourth-order valence-electron chi connectivity index (χ4n) is 4.24. The normalized spacial score (nSPS) is 14.4. The Labute approximate surface area is 179 Å². The number of ketones is 1. The van der Waals surface area contributed by atoms with Gasteiger partial charge < -0.3 is 29.0 Å². The second kappa shape index (κ2) is 7.54. The number of aromatic nitrogens is 1. The lowest BCUT2D eigenvalue weighted by molar-refractivity contribution is -0.358. The number of rotatable bonds is 5. The number of methoxy groups -OCH3 is 3. The molecule has 0 unspecified atom stereocenters. The maximum atomic E-state index is 12.9. The van der Waals surface area contributed by atoms with Gasteiger partial charge in [0, 0.05) is 36.7 Å². The number of hydrogen-bond donors (Lipinski definition) is 1. The molecule has 1 aromatic heterocycles. The van der Waals surface area contributed by atoms with Crippen molar-refractivity contribution in [3.05, 3.63) is 35.5 Å². The zero-order valence-corrected chi connectivity index (χ0v) is 17.6. The van der Waals surface area contributed by atoms with Crippen molar-refractivity contribution in [1.82, 2.24) is 0 Å². The van der Waals surface area contributed by atoms with E-state index in [0.717, 1.165) is 35.1 Å². The first-order valence-corrected chi connectivity index (χ1v) is 10.0. The lowest BCUT2D eigenvalue weighted by atomic mass is 9.91. The number of aryl methyl sites for hydroxylation is 1. The minimum Gasteiger partial charge on any atom is -0.493 e. The molecule has 0 fully saturated rings. The third-order valence-corrected chi connectivity index (χ3v) is 5.66. The van der Waals surface area contributed by atoms with Crippen molar-refractivity contribution in [1.29, 1.82) is 0 Å². The van der Waals surface area contributed by atoms with Crippen LogP contribution in [-0.2, 0) is 6.42 Å². The topological polar surface area (TPSA) is 89.4 Å². The Morgan fingerprint density at radius 2 is 1.65 bits per heavy atom. The lowest BCUT2D eigenvalue weighted by Crippen LogP contribution is -2.24. The first kappa shape index (κ1) is 19.3. The number of carbonyl (C=O) groups excluding carboxylic acids is 1. The van der Waals surface area contributed by atoms with Crippen molar-refractivity contribution < 1.29 is 33.5 Å². The number of hydrogen-bond acceptors (Lipinski definition) is 7. The van der Waals surface area contributed by atoms with Gasteiger partial charge in [-0.1, -0.05) is 0 Å². The van der Waals surface area contributed by atoms with E-state index in [-0.39, 0.29) is 12.6 Å². The van der Waals surface area contributed by atoms with Crippen molar-refractivity contribution in [3.63, 3.8) is 0 Å². The molecule has 8 heteroatoms. The van der Waals surface area contributed by atoms with Crippen LogP contribution in [0.25, 0.3) is 10.9 Å². The summed E-state index contributed by atoms with van der Waals surface area (Å²) in [4.78, 5) is 16.4. The molecule has 2 aliphatic rings. The fraction of sp³-hybridized carbons (Fsp3) is 0.304. The third kappa shape index (κ3) is 3.15. The molecule has 0 atom stereocenters. The van der Waals surface area contributed by atoms with Crippen LogP contribution in [0.3, 0.4) is 0 Å². The molecule has 2 aromatic carbocycles. The highest BCUT2D eigenvalue weighted by molar-refractivity contribution is 6.10. The summed E-state index contributed by atoms with van der Waals surface area (Å²) in [6, 6.07) is 7.45. The van der Waals surface area contributed by atoms with E-state index < -0.39 is 0 Å². The summed E-state index contributed by atoms with van der Waals surface area (Å²) in [5.74, 6) is 2.99. The van der Waals surface area contributed by atoms with Crippen LogP contribution in [0.4, 0.5) is 11.4 Å². The molecule has 0 saturated carbocycles. The van der Waals surface area contributed by atoms with Crippen molar-refractivity contribution in [3.8, 4) is 28.7 Å². The molecule has 2 N–H and O–H groups in total. The van der Waals surface area contributed by atoms with Gasteiger partial charge in [0.15, 0.2) is 34.5 Å². The van der Waals surface area contributed by atoms with Crippen molar-refractivity contribution in [2.75, 3.05) is 33.4 Å². The smallest absolute Gasteiger partial charge is 0.231 e. The Kier molecular flexibility index (Phi) is 4.69. The summed E-state index contributed by atoms with van der Waals surface area (Å²) in [5.41, 5.74) is 3.89. The summed E-state index contributed by atoms with van der Waals surface area (Å²) in [7, 11) is 4.70. The molecule has 1 aliphatic carbocycles. The monoisotopic (exact) mass is 423 g/mol. The number of carbonyl (C=O) groups is 1. The molecule has 2 heterocycles. The number of H-pyrrole nitrogens is 1. The predicted molar refractivity (Wildman–Crippen MR) is 113 cm³/mol. The number of nitrogens with one attached hydrogen (secondary N) is 2. The van der Waals surface area contributed by atoms with E-state index >= 15 is 0 Å². The van der Waals surface area contributed by atoms with Gasteiger partial charge in [0.05, 0.1) is 38.5 Å². The van der Waals surface area contributed by atoms with Gasteiger partial charge in [-0.25, -0.2) is 4.98 Å². The predicted octanol–water partition coefficient (Wildman–Crippen LogP) is 3.67. The molecule has 0 spiro atoms. The number of anilines is 2. The Balaban J connectivity index is 1.72. The summed E-state index contributed by atoms with van der Waals surface area (Å²) in [5, 5.41) is 4.28. The quantitative estimate of drug-likeness (QED) is 0.670. The van der Waals surface area contributed by atoms with Crippen LogP contribution in [0.15, 0.2) is 24.3 Å². The molecule has 0 bridgehead atoms. The Morgan fingerprint density at radius 1 is 0.935 bits per heavy atom. The highest BCUT2D eigenvalue weighted by Gasteiger charge is 2.31. The van der Waals surface area contributed by atoms with Crippen molar-refractivity contribution >= 4 is 28.1 Å². The molecule has 160 valence electrons. The molecular weight excluding hydrogens is 400 g/mol. The second-order valence-corrected chi connectivity index (χ2v) is 7.42. The number of ether oxygens (including phenoxy) is 5. The van der Waals surface area contributed by atoms with Crippen LogP contribution < -0.4 is 34.0 Å². The summed E-state index contributed by atoms with van der Waals surface area (Å²) in [6.07, 6.45) is 2.14. The van der Waals surface area contributed by atoms with Gasteiger partial charge in [0.25, 0.3) is 0 Å². The molecule has 8 nitrogen and oxygen atoms in total. The first-order chi connectivity index (χ1) is 15.1. The zero-order chi connectivity index (χ0) is 21.5. The highest BCUT2D eigenvalue weighted by Crippen LogP contribution is 2.44. The molecular formula is C23H23N2O6+. The number of benzene rings is 2. The largest absolute Gasteiger partial charge is 0.493 e. The maximum absolute atomic E-state index is 12.9. The van der Waals surface area contributed by atoms with Crippen LogP contribution in [0.2, 0.25) is 0 Å². The van der Waals surface area contributed by atoms with Gasteiger partial charge in [-0.15, -0.1) is 0 Å². The third-order valence-electron chi connectivity index (χ3n) is 5.66. The summed E-state index contributed by atoms with van der Waals surface area (Å²) >= 11 is 0. The van der Waals surface area contributed by atoms with Crippen LogP contribution in [0.5, 0.6) is 28.7 Å².